The number of ketones is 1. The van der Waals surface area contributed by atoms with Crippen LogP contribution in [0.3, 0.4) is 0 Å². The molecule has 1 aromatic carbocycles. The van der Waals surface area contributed by atoms with E-state index < -0.39 is 12.5 Å². The minimum atomic E-state index is -2.99. The van der Waals surface area contributed by atoms with E-state index in [0.717, 1.165) is 4.90 Å². The molecule has 1 aliphatic heterocycles. The van der Waals surface area contributed by atoms with Crippen molar-refractivity contribution in [3.05, 3.63) is 22.7 Å². The van der Waals surface area contributed by atoms with Gasteiger partial charge in [0, 0.05) is 4.47 Å². The monoisotopic (exact) mass is 319 g/mol. The summed E-state index contributed by atoms with van der Waals surface area (Å²) < 4.78 is 29.5. The summed E-state index contributed by atoms with van der Waals surface area (Å²) in [5.41, 5.74) is 0.175. The molecule has 1 amide bonds. The lowest BCUT2D eigenvalue weighted by molar-refractivity contribution is -0.121. The van der Waals surface area contributed by atoms with Crippen LogP contribution in [-0.2, 0) is 9.59 Å². The Morgan fingerprint density at radius 3 is 2.61 bits per heavy atom. The van der Waals surface area contributed by atoms with Crippen molar-refractivity contribution in [3.63, 3.8) is 0 Å². The van der Waals surface area contributed by atoms with Crippen molar-refractivity contribution >= 4 is 33.3 Å². The third kappa shape index (κ3) is 2.66. The van der Waals surface area contributed by atoms with Gasteiger partial charge in [0.05, 0.1) is 18.7 Å². The number of amides is 1. The number of carbonyl (C=O) groups excluding carboxylic acids is 2. The minimum absolute atomic E-state index is 0.111. The Hall–Kier alpha value is -1.50. The average molecular weight is 320 g/mol. The molecule has 0 aromatic heterocycles. The number of benzene rings is 1. The van der Waals surface area contributed by atoms with Crippen molar-refractivity contribution in [3.8, 4) is 5.75 Å². The quantitative estimate of drug-likeness (QED) is 0.803. The van der Waals surface area contributed by atoms with Gasteiger partial charge in [-0.3, -0.25) is 9.59 Å². The SMILES string of the molecule is O=C1CC(=O)N(c2ccc(Br)cc2OC(F)F)C1. The van der Waals surface area contributed by atoms with Gasteiger partial charge < -0.3 is 9.64 Å². The Labute approximate surface area is 110 Å². The number of hydrogen-bond donors (Lipinski definition) is 0. The van der Waals surface area contributed by atoms with Crippen molar-refractivity contribution in [1.82, 2.24) is 0 Å². The second kappa shape index (κ2) is 5.01. The molecule has 0 saturated carbocycles. The molecule has 7 heteroatoms. The van der Waals surface area contributed by atoms with Gasteiger partial charge in [0.1, 0.15) is 0 Å². The van der Waals surface area contributed by atoms with Crippen LogP contribution < -0.4 is 9.64 Å². The lowest BCUT2D eigenvalue weighted by atomic mass is 10.2. The number of nitrogens with zero attached hydrogens (tertiary/aromatic N) is 1. The van der Waals surface area contributed by atoms with Gasteiger partial charge in [0.15, 0.2) is 11.5 Å². The Kier molecular flexibility index (Phi) is 3.60. The number of anilines is 1. The van der Waals surface area contributed by atoms with Crippen LogP contribution in [0.15, 0.2) is 22.7 Å². The third-order valence-electron chi connectivity index (χ3n) is 2.41. The summed E-state index contributed by atoms with van der Waals surface area (Å²) >= 11 is 3.13. The molecule has 18 heavy (non-hydrogen) atoms. The number of Topliss-reactive ketones (excluding diaryl/α,β-unsaturated/α-hetero) is 1. The van der Waals surface area contributed by atoms with Crippen LogP contribution in [0.4, 0.5) is 14.5 Å². The highest BCUT2D eigenvalue weighted by atomic mass is 79.9. The molecular formula is C11H8BrF2NO3. The van der Waals surface area contributed by atoms with E-state index in [-0.39, 0.29) is 30.2 Å². The molecule has 1 aliphatic rings. The van der Waals surface area contributed by atoms with Crippen LogP contribution in [0, 0.1) is 0 Å². The Morgan fingerprint density at radius 1 is 1.33 bits per heavy atom. The van der Waals surface area contributed by atoms with E-state index >= 15 is 0 Å². The normalized spacial score (nSPS) is 15.7. The zero-order chi connectivity index (χ0) is 13.3. The van der Waals surface area contributed by atoms with Crippen molar-refractivity contribution in [1.29, 1.82) is 0 Å². The smallest absolute Gasteiger partial charge is 0.387 e. The fraction of sp³-hybridized carbons (Fsp3) is 0.273. The molecule has 4 nitrogen and oxygen atoms in total. The van der Waals surface area contributed by atoms with Gasteiger partial charge in [-0.2, -0.15) is 8.78 Å². The highest BCUT2D eigenvalue weighted by Crippen LogP contribution is 2.34. The van der Waals surface area contributed by atoms with Crippen molar-refractivity contribution in [2.45, 2.75) is 13.0 Å². The van der Waals surface area contributed by atoms with Crippen LogP contribution in [0.25, 0.3) is 0 Å². The molecule has 0 aliphatic carbocycles. The van der Waals surface area contributed by atoms with Crippen molar-refractivity contribution < 1.29 is 23.1 Å². The number of carbonyl (C=O) groups is 2. The Balaban J connectivity index is 2.37. The molecule has 1 fully saturated rings. The van der Waals surface area contributed by atoms with Crippen LogP contribution >= 0.6 is 15.9 Å². The topological polar surface area (TPSA) is 46.6 Å². The van der Waals surface area contributed by atoms with E-state index in [2.05, 4.69) is 20.7 Å². The zero-order valence-electron chi connectivity index (χ0n) is 9.03. The summed E-state index contributed by atoms with van der Waals surface area (Å²) in [7, 11) is 0. The average Bonchev–Trinajstić information content (AvgIpc) is 2.57. The van der Waals surface area contributed by atoms with Gasteiger partial charge in [-0.05, 0) is 18.2 Å². The number of ether oxygens (including phenoxy) is 1. The van der Waals surface area contributed by atoms with Crippen molar-refractivity contribution in [2.75, 3.05) is 11.4 Å². The summed E-state index contributed by atoms with van der Waals surface area (Å²) in [6.45, 7) is -3.11. The van der Waals surface area contributed by atoms with E-state index in [4.69, 9.17) is 0 Å². The fourth-order valence-electron chi connectivity index (χ4n) is 1.71. The number of halogens is 3. The standard InChI is InChI=1S/C11H8BrF2NO3/c12-6-1-2-8(9(3-6)18-11(13)14)15-5-7(16)4-10(15)17/h1-3,11H,4-5H2. The minimum Gasteiger partial charge on any atom is -0.433 e. The van der Waals surface area contributed by atoms with Gasteiger partial charge in [-0.15, -0.1) is 0 Å². The van der Waals surface area contributed by atoms with E-state index in [1.54, 1.807) is 6.07 Å². The second-order valence-electron chi connectivity index (χ2n) is 3.69. The number of rotatable bonds is 3. The predicted molar refractivity (Wildman–Crippen MR) is 62.8 cm³/mol. The van der Waals surface area contributed by atoms with E-state index in [9.17, 15) is 18.4 Å². The molecule has 0 atom stereocenters. The van der Waals surface area contributed by atoms with Gasteiger partial charge in [-0.25, -0.2) is 0 Å². The maximum atomic E-state index is 12.3. The predicted octanol–water partition coefficient (Wildman–Crippen LogP) is 2.36. The summed E-state index contributed by atoms with van der Waals surface area (Å²) in [5, 5.41) is 0. The first-order chi connectivity index (χ1) is 8.47. The lowest BCUT2D eigenvalue weighted by Gasteiger charge is -2.19. The van der Waals surface area contributed by atoms with Gasteiger partial charge >= 0.3 is 6.61 Å². The first-order valence-electron chi connectivity index (χ1n) is 5.04. The first kappa shape index (κ1) is 12.9. The molecule has 0 radical (unpaired) electrons. The van der Waals surface area contributed by atoms with E-state index in [1.807, 2.05) is 0 Å². The molecule has 1 aromatic rings. The summed E-state index contributed by atoms with van der Waals surface area (Å²) in [4.78, 5) is 23.9. The number of alkyl halides is 2. The van der Waals surface area contributed by atoms with Crippen LogP contribution in [0.5, 0.6) is 5.75 Å². The van der Waals surface area contributed by atoms with Crippen LogP contribution in [0.2, 0.25) is 0 Å². The van der Waals surface area contributed by atoms with Gasteiger partial charge in [0.25, 0.3) is 0 Å². The molecule has 1 saturated heterocycles. The van der Waals surface area contributed by atoms with E-state index in [1.165, 1.54) is 12.1 Å². The molecule has 0 N–H and O–H groups in total. The lowest BCUT2D eigenvalue weighted by Crippen LogP contribution is -2.25. The maximum absolute atomic E-state index is 12.3. The molecule has 2 rings (SSSR count). The largest absolute Gasteiger partial charge is 0.433 e. The van der Waals surface area contributed by atoms with Gasteiger partial charge in [0.2, 0.25) is 5.91 Å². The Bertz CT molecular complexity index is 507. The molecule has 0 unspecified atom stereocenters. The summed E-state index contributed by atoms with van der Waals surface area (Å²) in [6.07, 6.45) is -0.204. The van der Waals surface area contributed by atoms with Crippen LogP contribution in [0.1, 0.15) is 6.42 Å². The Morgan fingerprint density at radius 2 is 2.06 bits per heavy atom. The molecule has 0 spiro atoms. The molecule has 1 heterocycles. The van der Waals surface area contributed by atoms with Crippen molar-refractivity contribution in [2.24, 2.45) is 0 Å². The maximum Gasteiger partial charge on any atom is 0.387 e. The number of hydrogen-bond acceptors (Lipinski definition) is 3. The molecule has 96 valence electrons. The molecule has 0 bridgehead atoms. The fourth-order valence-corrected chi connectivity index (χ4v) is 2.05. The summed E-state index contributed by atoms with van der Waals surface area (Å²) in [6, 6.07) is 4.37. The zero-order valence-corrected chi connectivity index (χ0v) is 10.6. The summed E-state index contributed by atoms with van der Waals surface area (Å²) in [5.74, 6) is -0.797. The highest BCUT2D eigenvalue weighted by Gasteiger charge is 2.31. The van der Waals surface area contributed by atoms with E-state index in [0.29, 0.717) is 4.47 Å². The van der Waals surface area contributed by atoms with Gasteiger partial charge in [-0.1, -0.05) is 15.9 Å². The third-order valence-corrected chi connectivity index (χ3v) is 2.91. The molecular weight excluding hydrogens is 312 g/mol. The second-order valence-corrected chi connectivity index (χ2v) is 4.60. The first-order valence-corrected chi connectivity index (χ1v) is 5.83. The van der Waals surface area contributed by atoms with Crippen LogP contribution in [-0.4, -0.2) is 24.8 Å². The highest BCUT2D eigenvalue weighted by molar-refractivity contribution is 9.10.